The maximum Gasteiger partial charge on any atom is 0.157 e. The quantitative estimate of drug-likeness (QED) is 0.927. The van der Waals surface area contributed by atoms with E-state index in [4.69, 9.17) is 9.47 Å². The molecule has 6 nitrogen and oxygen atoms in total. The van der Waals surface area contributed by atoms with Crippen LogP contribution in [-0.4, -0.2) is 46.9 Å². The molecule has 4 rings (SSSR count). The topological polar surface area (TPSA) is 69.2 Å². The van der Waals surface area contributed by atoms with Crippen LogP contribution in [0.3, 0.4) is 0 Å². The number of fused-ring (bicyclic) bond motifs is 1. The SMILES string of the molecule is CCOC1CC(Nc2ncnc3sc(C)nc23)C12CCOCC2. The molecule has 124 valence electrons. The van der Waals surface area contributed by atoms with Crippen molar-refractivity contribution in [1.82, 2.24) is 15.0 Å². The second-order valence-electron chi connectivity index (χ2n) is 6.33. The molecule has 2 fully saturated rings. The first kappa shape index (κ1) is 15.2. The molecule has 1 aliphatic heterocycles. The average molecular weight is 334 g/mol. The second-order valence-corrected chi connectivity index (χ2v) is 7.51. The summed E-state index contributed by atoms with van der Waals surface area (Å²) in [6, 6.07) is 0.364. The highest BCUT2D eigenvalue weighted by molar-refractivity contribution is 7.18. The van der Waals surface area contributed by atoms with Gasteiger partial charge in [-0.05, 0) is 33.1 Å². The summed E-state index contributed by atoms with van der Waals surface area (Å²) in [5, 5.41) is 4.66. The van der Waals surface area contributed by atoms with Gasteiger partial charge in [0.25, 0.3) is 0 Å². The van der Waals surface area contributed by atoms with E-state index in [2.05, 4.69) is 27.2 Å². The molecule has 0 radical (unpaired) electrons. The first-order valence-electron chi connectivity index (χ1n) is 8.27. The Bertz CT molecular complexity index is 698. The van der Waals surface area contributed by atoms with Crippen molar-refractivity contribution >= 4 is 27.5 Å². The Labute approximate surface area is 139 Å². The monoisotopic (exact) mass is 334 g/mol. The van der Waals surface area contributed by atoms with Crippen LogP contribution in [0.2, 0.25) is 0 Å². The van der Waals surface area contributed by atoms with E-state index in [1.165, 1.54) is 0 Å². The van der Waals surface area contributed by atoms with Crippen LogP contribution in [0.4, 0.5) is 5.82 Å². The zero-order valence-corrected chi connectivity index (χ0v) is 14.4. The minimum Gasteiger partial charge on any atom is -0.381 e. The largest absolute Gasteiger partial charge is 0.381 e. The molecule has 7 heteroatoms. The number of anilines is 1. The number of aromatic nitrogens is 3. The third-order valence-electron chi connectivity index (χ3n) is 5.19. The van der Waals surface area contributed by atoms with E-state index in [1.807, 2.05) is 6.92 Å². The predicted octanol–water partition coefficient (Wildman–Crippen LogP) is 2.78. The van der Waals surface area contributed by atoms with Crippen molar-refractivity contribution in [2.75, 3.05) is 25.1 Å². The van der Waals surface area contributed by atoms with Gasteiger partial charge < -0.3 is 14.8 Å². The molecular weight excluding hydrogens is 312 g/mol. The highest BCUT2D eigenvalue weighted by Gasteiger charge is 2.56. The van der Waals surface area contributed by atoms with Crippen LogP contribution in [0.1, 0.15) is 31.2 Å². The number of nitrogens with zero attached hydrogens (tertiary/aromatic N) is 3. The summed E-state index contributed by atoms with van der Waals surface area (Å²) in [7, 11) is 0. The molecule has 1 saturated heterocycles. The van der Waals surface area contributed by atoms with Gasteiger partial charge in [-0.1, -0.05) is 11.3 Å². The van der Waals surface area contributed by atoms with Gasteiger partial charge in [0.2, 0.25) is 0 Å². The van der Waals surface area contributed by atoms with E-state index in [-0.39, 0.29) is 5.41 Å². The second kappa shape index (κ2) is 5.96. The van der Waals surface area contributed by atoms with Gasteiger partial charge in [0.1, 0.15) is 16.7 Å². The van der Waals surface area contributed by atoms with Crippen LogP contribution < -0.4 is 5.32 Å². The van der Waals surface area contributed by atoms with Gasteiger partial charge in [-0.2, -0.15) is 0 Å². The number of nitrogens with one attached hydrogen (secondary N) is 1. The van der Waals surface area contributed by atoms with Crippen LogP contribution in [0.5, 0.6) is 0 Å². The lowest BCUT2D eigenvalue weighted by Gasteiger charge is -2.57. The van der Waals surface area contributed by atoms with Crippen molar-refractivity contribution in [3.63, 3.8) is 0 Å². The lowest BCUT2D eigenvalue weighted by atomic mass is 9.57. The Morgan fingerprint density at radius 2 is 2.22 bits per heavy atom. The first-order valence-corrected chi connectivity index (χ1v) is 9.08. The number of hydrogen-bond donors (Lipinski definition) is 1. The zero-order valence-electron chi connectivity index (χ0n) is 13.5. The molecule has 2 aromatic heterocycles. The molecule has 2 aliphatic rings. The third-order valence-corrected chi connectivity index (χ3v) is 6.07. The number of hydrogen-bond acceptors (Lipinski definition) is 7. The molecule has 0 bridgehead atoms. The summed E-state index contributed by atoms with van der Waals surface area (Å²) < 4.78 is 11.6. The minimum absolute atomic E-state index is 0.163. The van der Waals surface area contributed by atoms with Crippen molar-refractivity contribution in [3.05, 3.63) is 11.3 Å². The summed E-state index contributed by atoms with van der Waals surface area (Å²) in [4.78, 5) is 14.3. The number of ether oxygens (including phenoxy) is 2. The molecule has 23 heavy (non-hydrogen) atoms. The lowest BCUT2D eigenvalue weighted by Crippen LogP contribution is -2.63. The van der Waals surface area contributed by atoms with E-state index in [0.29, 0.717) is 12.1 Å². The Balaban J connectivity index is 1.60. The summed E-state index contributed by atoms with van der Waals surface area (Å²) in [6.45, 7) is 6.47. The van der Waals surface area contributed by atoms with E-state index in [0.717, 1.165) is 60.3 Å². The summed E-state index contributed by atoms with van der Waals surface area (Å²) in [5.74, 6) is 0.852. The average Bonchev–Trinajstić information content (AvgIpc) is 2.96. The van der Waals surface area contributed by atoms with Crippen molar-refractivity contribution < 1.29 is 9.47 Å². The zero-order chi connectivity index (χ0) is 15.9. The molecule has 3 heterocycles. The predicted molar refractivity (Wildman–Crippen MR) is 89.9 cm³/mol. The molecule has 0 aromatic carbocycles. The van der Waals surface area contributed by atoms with E-state index < -0.39 is 0 Å². The van der Waals surface area contributed by atoms with E-state index in [9.17, 15) is 0 Å². The van der Waals surface area contributed by atoms with E-state index >= 15 is 0 Å². The molecule has 1 N–H and O–H groups in total. The van der Waals surface area contributed by atoms with Gasteiger partial charge in [-0.25, -0.2) is 15.0 Å². The lowest BCUT2D eigenvalue weighted by molar-refractivity contribution is -0.159. The van der Waals surface area contributed by atoms with Crippen LogP contribution in [0.15, 0.2) is 6.33 Å². The fourth-order valence-corrected chi connectivity index (χ4v) is 4.69. The normalized spacial score (nSPS) is 26.3. The van der Waals surface area contributed by atoms with Crippen LogP contribution in [0.25, 0.3) is 10.3 Å². The fraction of sp³-hybridized carbons (Fsp3) is 0.688. The van der Waals surface area contributed by atoms with Crippen molar-refractivity contribution in [2.24, 2.45) is 5.41 Å². The Morgan fingerprint density at radius 1 is 1.39 bits per heavy atom. The van der Waals surface area contributed by atoms with Gasteiger partial charge in [0, 0.05) is 31.3 Å². The highest BCUT2D eigenvalue weighted by atomic mass is 32.1. The maximum absolute atomic E-state index is 5.99. The molecule has 1 spiro atoms. The van der Waals surface area contributed by atoms with Crippen molar-refractivity contribution in [1.29, 1.82) is 0 Å². The molecule has 0 amide bonds. The smallest absolute Gasteiger partial charge is 0.157 e. The maximum atomic E-state index is 5.99. The van der Waals surface area contributed by atoms with E-state index in [1.54, 1.807) is 17.7 Å². The molecule has 1 aliphatic carbocycles. The molecule has 1 saturated carbocycles. The van der Waals surface area contributed by atoms with Crippen molar-refractivity contribution in [3.8, 4) is 0 Å². The molecule has 2 aromatic rings. The standard InChI is InChI=1S/C16H22N4O2S/c1-3-22-12-8-11(16(12)4-6-21-7-5-16)20-14-13-15(18-9-17-14)23-10(2)19-13/h9,11-12H,3-8H2,1-2H3,(H,17,18,20). The number of rotatable bonds is 4. The molecule has 2 atom stereocenters. The Kier molecular flexibility index (Phi) is 3.95. The van der Waals surface area contributed by atoms with Crippen LogP contribution >= 0.6 is 11.3 Å². The van der Waals surface area contributed by atoms with Gasteiger partial charge in [0.05, 0.1) is 11.1 Å². The number of aryl methyl sites for hydroxylation is 1. The first-order chi connectivity index (χ1) is 11.2. The Hall–Kier alpha value is -1.31. The van der Waals surface area contributed by atoms with Crippen LogP contribution in [0, 0.1) is 12.3 Å². The van der Waals surface area contributed by atoms with Gasteiger partial charge in [0.15, 0.2) is 5.82 Å². The van der Waals surface area contributed by atoms with Gasteiger partial charge >= 0.3 is 0 Å². The summed E-state index contributed by atoms with van der Waals surface area (Å²) >= 11 is 1.61. The Morgan fingerprint density at radius 3 is 3.00 bits per heavy atom. The van der Waals surface area contributed by atoms with Gasteiger partial charge in [-0.15, -0.1) is 0 Å². The highest BCUT2D eigenvalue weighted by Crippen LogP contribution is 2.51. The third kappa shape index (κ3) is 2.51. The summed E-state index contributed by atoms with van der Waals surface area (Å²) in [6.07, 6.45) is 5.04. The molecule has 2 unspecified atom stereocenters. The number of thiazole rings is 1. The minimum atomic E-state index is 0.163. The molecular formula is C16H22N4O2S. The van der Waals surface area contributed by atoms with Crippen molar-refractivity contribution in [2.45, 2.75) is 45.3 Å². The van der Waals surface area contributed by atoms with Crippen LogP contribution in [-0.2, 0) is 9.47 Å². The fourth-order valence-electron chi connectivity index (χ4n) is 3.94. The van der Waals surface area contributed by atoms with Gasteiger partial charge in [-0.3, -0.25) is 0 Å². The summed E-state index contributed by atoms with van der Waals surface area (Å²) in [5.41, 5.74) is 1.05.